The van der Waals surface area contributed by atoms with Crippen LogP contribution in [0.15, 0.2) is 42.0 Å². The first kappa shape index (κ1) is 24.1. The number of amides is 1. The fraction of sp³-hybridized carbons (Fsp3) is 0.385. The molecule has 2 aromatic carbocycles. The van der Waals surface area contributed by atoms with Gasteiger partial charge in [-0.2, -0.15) is 0 Å². The zero-order chi connectivity index (χ0) is 24.7. The normalized spacial score (nSPS) is 24.0. The van der Waals surface area contributed by atoms with Gasteiger partial charge in [0.05, 0.1) is 34.9 Å². The number of Topliss-reactive ketones (excluding diaryl/α,β-unsaturated/α-hetero) is 1. The number of halogens is 2. The Hall–Kier alpha value is -2.58. The van der Waals surface area contributed by atoms with Crippen molar-refractivity contribution in [3.8, 4) is 5.75 Å². The van der Waals surface area contributed by atoms with Crippen molar-refractivity contribution >= 4 is 40.7 Å². The topological polar surface area (TPSA) is 79.3 Å². The van der Waals surface area contributed by atoms with Gasteiger partial charge >= 0.3 is 0 Å². The van der Waals surface area contributed by atoms with Gasteiger partial charge in [0, 0.05) is 38.2 Å². The summed E-state index contributed by atoms with van der Waals surface area (Å²) in [7, 11) is 0. The number of carbonyl (C=O) groups excluding carboxylic acids is 2. The molecule has 3 aliphatic heterocycles. The molecule has 2 saturated heterocycles. The number of fused-ring (bicyclic) bond motifs is 1. The van der Waals surface area contributed by atoms with E-state index in [1.54, 1.807) is 30.3 Å². The van der Waals surface area contributed by atoms with Crippen LogP contribution in [0.25, 0.3) is 5.76 Å². The standard InChI is InChI=1S/C26H26Cl2N2O5/c1-15-12-18-13-17(3-5-21(18)35-15)24(31)22-23(16-2-4-19(27)20(28)14-16)30(26(33)25(22)32)7-6-29-8-10-34-11-9-29/h2-5,13-15,23,31H,6-12H2,1H3/b24-22+. The number of aliphatic hydroxyl groups is 1. The number of ether oxygens (including phenoxy) is 2. The molecule has 2 atom stereocenters. The number of ketones is 1. The largest absolute Gasteiger partial charge is 0.507 e. The van der Waals surface area contributed by atoms with Gasteiger partial charge in [-0.1, -0.05) is 29.3 Å². The predicted molar refractivity (Wildman–Crippen MR) is 133 cm³/mol. The zero-order valence-corrected chi connectivity index (χ0v) is 20.8. The van der Waals surface area contributed by atoms with Crippen molar-refractivity contribution in [2.75, 3.05) is 39.4 Å². The molecule has 0 saturated carbocycles. The minimum atomic E-state index is -0.783. The fourth-order valence-electron chi connectivity index (χ4n) is 4.94. The Morgan fingerprint density at radius 1 is 1.06 bits per heavy atom. The monoisotopic (exact) mass is 516 g/mol. The second kappa shape index (κ2) is 9.82. The molecule has 7 nitrogen and oxygen atoms in total. The molecule has 2 aromatic rings. The Morgan fingerprint density at radius 3 is 2.57 bits per heavy atom. The number of benzene rings is 2. The van der Waals surface area contributed by atoms with Crippen LogP contribution in [0.4, 0.5) is 0 Å². The predicted octanol–water partition coefficient (Wildman–Crippen LogP) is 4.07. The van der Waals surface area contributed by atoms with Gasteiger partial charge in [0.1, 0.15) is 17.6 Å². The van der Waals surface area contributed by atoms with E-state index in [1.807, 2.05) is 13.0 Å². The maximum atomic E-state index is 13.3. The van der Waals surface area contributed by atoms with Crippen LogP contribution in [0.1, 0.15) is 29.7 Å². The quantitative estimate of drug-likeness (QED) is 0.366. The van der Waals surface area contributed by atoms with E-state index in [1.165, 1.54) is 4.90 Å². The van der Waals surface area contributed by atoms with E-state index in [-0.39, 0.29) is 17.4 Å². The third-order valence-corrected chi connectivity index (χ3v) is 7.47. The van der Waals surface area contributed by atoms with E-state index in [9.17, 15) is 14.7 Å². The maximum absolute atomic E-state index is 13.3. The lowest BCUT2D eigenvalue weighted by Gasteiger charge is -2.31. The van der Waals surface area contributed by atoms with Gasteiger partial charge < -0.3 is 19.5 Å². The summed E-state index contributed by atoms with van der Waals surface area (Å²) in [6.45, 7) is 5.67. The lowest BCUT2D eigenvalue weighted by atomic mass is 9.94. The first-order chi connectivity index (χ1) is 16.8. The molecule has 0 aliphatic carbocycles. The Balaban J connectivity index is 1.55. The highest BCUT2D eigenvalue weighted by molar-refractivity contribution is 6.46. The number of morpholine rings is 1. The van der Waals surface area contributed by atoms with Gasteiger partial charge in [-0.05, 0) is 48.4 Å². The second-order valence-corrected chi connectivity index (χ2v) is 9.89. The highest BCUT2D eigenvalue weighted by atomic mass is 35.5. The summed E-state index contributed by atoms with van der Waals surface area (Å²) in [5, 5.41) is 12.0. The molecule has 1 N–H and O–H groups in total. The Bertz CT molecular complexity index is 1210. The van der Waals surface area contributed by atoms with Crippen LogP contribution in [0.3, 0.4) is 0 Å². The second-order valence-electron chi connectivity index (χ2n) is 9.08. The third-order valence-electron chi connectivity index (χ3n) is 6.73. The van der Waals surface area contributed by atoms with Crippen molar-refractivity contribution in [3.63, 3.8) is 0 Å². The number of hydrogen-bond donors (Lipinski definition) is 1. The van der Waals surface area contributed by atoms with Crippen LogP contribution in [0.5, 0.6) is 5.75 Å². The van der Waals surface area contributed by atoms with Crippen molar-refractivity contribution in [3.05, 3.63) is 68.7 Å². The van der Waals surface area contributed by atoms with Crippen LogP contribution in [-0.4, -0.2) is 72.1 Å². The highest BCUT2D eigenvalue weighted by Crippen LogP contribution is 2.41. The van der Waals surface area contributed by atoms with E-state index >= 15 is 0 Å². The molecule has 3 aliphatic rings. The van der Waals surface area contributed by atoms with Crippen molar-refractivity contribution in [2.24, 2.45) is 0 Å². The molecule has 1 amide bonds. The van der Waals surface area contributed by atoms with Crippen LogP contribution in [-0.2, 0) is 20.7 Å². The molecular weight excluding hydrogens is 491 g/mol. The zero-order valence-electron chi connectivity index (χ0n) is 19.3. The molecule has 184 valence electrons. The van der Waals surface area contributed by atoms with E-state index in [0.717, 1.165) is 24.4 Å². The summed E-state index contributed by atoms with van der Waals surface area (Å²) in [5.41, 5.74) is 2.08. The third kappa shape index (κ3) is 4.66. The highest BCUT2D eigenvalue weighted by Gasteiger charge is 2.46. The molecule has 35 heavy (non-hydrogen) atoms. The van der Waals surface area contributed by atoms with Gasteiger partial charge in [-0.15, -0.1) is 0 Å². The van der Waals surface area contributed by atoms with Crippen molar-refractivity contribution in [2.45, 2.75) is 25.5 Å². The van der Waals surface area contributed by atoms with E-state index in [4.69, 9.17) is 32.7 Å². The molecule has 3 heterocycles. The molecule has 2 fully saturated rings. The summed E-state index contributed by atoms with van der Waals surface area (Å²) in [6.07, 6.45) is 0.755. The van der Waals surface area contributed by atoms with Gasteiger partial charge in [0.2, 0.25) is 0 Å². The SMILES string of the molecule is CC1Cc2cc(/C(O)=C3\C(=O)C(=O)N(CCN4CCOCC4)C3c3ccc(Cl)c(Cl)c3)ccc2O1. The number of carbonyl (C=O) groups is 2. The summed E-state index contributed by atoms with van der Waals surface area (Å²) >= 11 is 12.4. The first-order valence-corrected chi connectivity index (χ1v) is 12.4. The molecule has 0 radical (unpaired) electrons. The van der Waals surface area contributed by atoms with Crippen LogP contribution < -0.4 is 4.74 Å². The summed E-state index contributed by atoms with van der Waals surface area (Å²) < 4.78 is 11.2. The van der Waals surface area contributed by atoms with Gasteiger partial charge in [0.15, 0.2) is 0 Å². The average Bonchev–Trinajstić information content (AvgIpc) is 3.35. The van der Waals surface area contributed by atoms with Crippen molar-refractivity contribution in [1.29, 1.82) is 0 Å². The summed E-state index contributed by atoms with van der Waals surface area (Å²) in [4.78, 5) is 30.2. The van der Waals surface area contributed by atoms with Gasteiger partial charge in [-0.3, -0.25) is 14.5 Å². The average molecular weight is 517 g/mol. The maximum Gasteiger partial charge on any atom is 0.295 e. The Kier molecular flexibility index (Phi) is 6.77. The number of aliphatic hydroxyl groups excluding tert-OH is 1. The number of likely N-dealkylation sites (tertiary alicyclic amines) is 1. The fourth-order valence-corrected chi connectivity index (χ4v) is 5.24. The Labute approximate surface area is 213 Å². The smallest absolute Gasteiger partial charge is 0.295 e. The number of rotatable bonds is 5. The summed E-state index contributed by atoms with van der Waals surface area (Å²) in [5.74, 6) is -0.809. The van der Waals surface area contributed by atoms with E-state index in [2.05, 4.69) is 4.90 Å². The molecule has 0 spiro atoms. The van der Waals surface area contributed by atoms with Crippen molar-refractivity contribution in [1.82, 2.24) is 9.80 Å². The van der Waals surface area contributed by atoms with Gasteiger partial charge in [0.25, 0.3) is 11.7 Å². The van der Waals surface area contributed by atoms with E-state index in [0.29, 0.717) is 53.9 Å². The van der Waals surface area contributed by atoms with Crippen molar-refractivity contribution < 1.29 is 24.2 Å². The molecule has 2 unspecified atom stereocenters. The minimum absolute atomic E-state index is 0.0438. The van der Waals surface area contributed by atoms with E-state index < -0.39 is 17.7 Å². The number of hydrogen-bond acceptors (Lipinski definition) is 6. The summed E-state index contributed by atoms with van der Waals surface area (Å²) in [6, 6.07) is 9.55. The molecule has 0 bridgehead atoms. The van der Waals surface area contributed by atoms with Crippen LogP contribution in [0.2, 0.25) is 10.0 Å². The Morgan fingerprint density at radius 2 is 1.83 bits per heavy atom. The minimum Gasteiger partial charge on any atom is -0.507 e. The van der Waals surface area contributed by atoms with Gasteiger partial charge in [-0.25, -0.2) is 0 Å². The van der Waals surface area contributed by atoms with Crippen LogP contribution >= 0.6 is 23.2 Å². The molecule has 0 aromatic heterocycles. The molecule has 5 rings (SSSR count). The lowest BCUT2D eigenvalue weighted by molar-refractivity contribution is -0.140. The number of nitrogens with zero attached hydrogens (tertiary/aromatic N) is 2. The molecule has 9 heteroatoms. The molecular formula is C26H26Cl2N2O5. The first-order valence-electron chi connectivity index (χ1n) is 11.7. The lowest BCUT2D eigenvalue weighted by Crippen LogP contribution is -2.42. The van der Waals surface area contributed by atoms with Crippen LogP contribution in [0, 0.1) is 0 Å².